The van der Waals surface area contributed by atoms with E-state index in [2.05, 4.69) is 27.7 Å². The second-order valence-electron chi connectivity index (χ2n) is 3.96. The van der Waals surface area contributed by atoms with Gasteiger partial charge in [0.15, 0.2) is 0 Å². The summed E-state index contributed by atoms with van der Waals surface area (Å²) in [6.45, 7) is 9.31. The lowest BCUT2D eigenvalue weighted by atomic mass is 9.70. The highest BCUT2D eigenvalue weighted by atomic mass is 16.3. The molecule has 0 spiro atoms. The van der Waals surface area contributed by atoms with Gasteiger partial charge in [0.05, 0.1) is 0 Å². The lowest BCUT2D eigenvalue weighted by Crippen LogP contribution is -2.38. The topological polar surface area (TPSA) is 46.2 Å². The molecule has 0 saturated carbocycles. The second-order valence-corrected chi connectivity index (χ2v) is 3.96. The second kappa shape index (κ2) is 4.07. The quantitative estimate of drug-likeness (QED) is 0.648. The van der Waals surface area contributed by atoms with E-state index in [1.807, 2.05) is 0 Å². The third-order valence-corrected chi connectivity index (χ3v) is 3.14. The molecule has 2 atom stereocenters. The molecule has 68 valence electrons. The van der Waals surface area contributed by atoms with Gasteiger partial charge < -0.3 is 10.8 Å². The summed E-state index contributed by atoms with van der Waals surface area (Å²) in [5, 5.41) is 9.20. The average Bonchev–Trinajstić information content (AvgIpc) is 2.01. The number of nitrogens with two attached hydrogens (primary N) is 1. The maximum absolute atomic E-state index is 9.20. The highest BCUT2D eigenvalue weighted by Gasteiger charge is 2.32. The third-order valence-electron chi connectivity index (χ3n) is 3.14. The molecule has 0 aliphatic rings. The molecule has 0 aromatic carbocycles. The first kappa shape index (κ1) is 10.9. The zero-order chi connectivity index (χ0) is 9.07. The van der Waals surface area contributed by atoms with E-state index in [0.29, 0.717) is 18.4 Å². The Balaban J connectivity index is 4.32. The van der Waals surface area contributed by atoms with Crippen LogP contribution < -0.4 is 5.73 Å². The highest BCUT2D eigenvalue weighted by molar-refractivity contribution is 4.82. The summed E-state index contributed by atoms with van der Waals surface area (Å²) in [6.07, 6.45) is 0. The Kier molecular flexibility index (Phi) is 4.04. The zero-order valence-corrected chi connectivity index (χ0v) is 8.09. The third kappa shape index (κ3) is 2.17. The molecular formula is C9H21NO. The zero-order valence-electron chi connectivity index (χ0n) is 8.09. The average molecular weight is 159 g/mol. The summed E-state index contributed by atoms with van der Waals surface area (Å²) in [7, 11) is 0. The molecule has 0 saturated heterocycles. The minimum absolute atomic E-state index is 0.0191. The van der Waals surface area contributed by atoms with E-state index >= 15 is 0 Å². The predicted molar refractivity (Wildman–Crippen MR) is 48.2 cm³/mol. The van der Waals surface area contributed by atoms with Crippen molar-refractivity contribution in [2.24, 2.45) is 23.0 Å². The lowest BCUT2D eigenvalue weighted by molar-refractivity contribution is 0.0443. The largest absolute Gasteiger partial charge is 0.396 e. The number of rotatable bonds is 4. The summed E-state index contributed by atoms with van der Waals surface area (Å²) < 4.78 is 0. The van der Waals surface area contributed by atoms with E-state index in [0.717, 1.165) is 0 Å². The molecule has 0 aromatic rings. The van der Waals surface area contributed by atoms with Crippen molar-refractivity contribution in [1.29, 1.82) is 0 Å². The number of hydrogen-bond donors (Lipinski definition) is 2. The van der Waals surface area contributed by atoms with Crippen LogP contribution >= 0.6 is 0 Å². The molecule has 0 bridgehead atoms. The van der Waals surface area contributed by atoms with Gasteiger partial charge >= 0.3 is 0 Å². The van der Waals surface area contributed by atoms with Crippen molar-refractivity contribution in [3.05, 3.63) is 0 Å². The van der Waals surface area contributed by atoms with Gasteiger partial charge in [0.25, 0.3) is 0 Å². The van der Waals surface area contributed by atoms with Gasteiger partial charge in [-0.1, -0.05) is 27.7 Å². The van der Waals surface area contributed by atoms with Crippen molar-refractivity contribution in [1.82, 2.24) is 0 Å². The molecule has 0 aromatic heterocycles. The maximum Gasteiger partial charge on any atom is 0.0490 e. The van der Waals surface area contributed by atoms with Gasteiger partial charge in [0, 0.05) is 6.61 Å². The van der Waals surface area contributed by atoms with Crippen LogP contribution in [0.3, 0.4) is 0 Å². The number of aliphatic hydroxyl groups is 1. The minimum atomic E-state index is -0.0191. The first-order valence-electron chi connectivity index (χ1n) is 4.30. The summed E-state index contributed by atoms with van der Waals surface area (Å²) in [4.78, 5) is 0. The van der Waals surface area contributed by atoms with E-state index in [1.165, 1.54) is 0 Å². The van der Waals surface area contributed by atoms with Crippen LogP contribution in [0.1, 0.15) is 27.7 Å². The Labute approximate surface area is 69.8 Å². The molecule has 0 aliphatic carbocycles. The normalized spacial score (nSPS) is 19.9. The van der Waals surface area contributed by atoms with Gasteiger partial charge in [-0.2, -0.15) is 0 Å². The van der Waals surface area contributed by atoms with Crippen LogP contribution in [0.15, 0.2) is 0 Å². The van der Waals surface area contributed by atoms with Crippen molar-refractivity contribution in [2.45, 2.75) is 27.7 Å². The summed E-state index contributed by atoms with van der Waals surface area (Å²) in [5.74, 6) is 0.860. The van der Waals surface area contributed by atoms with Crippen LogP contribution in [0.25, 0.3) is 0 Å². The molecule has 2 unspecified atom stereocenters. The van der Waals surface area contributed by atoms with Crippen LogP contribution in [0, 0.1) is 17.3 Å². The molecular weight excluding hydrogens is 138 g/mol. The SMILES string of the molecule is CC(C)C(C)(CO)C(C)CN. The molecule has 11 heavy (non-hydrogen) atoms. The predicted octanol–water partition coefficient (Wildman–Crippen LogP) is 1.24. The molecule has 0 fully saturated rings. The Morgan fingerprint density at radius 1 is 1.36 bits per heavy atom. The van der Waals surface area contributed by atoms with Crippen LogP contribution in [0.2, 0.25) is 0 Å². The van der Waals surface area contributed by atoms with Crippen molar-refractivity contribution in [3.63, 3.8) is 0 Å². The Bertz CT molecular complexity index is 114. The standard InChI is InChI=1S/C9H21NO/c1-7(2)9(4,6-11)8(3)5-10/h7-8,11H,5-6,10H2,1-4H3. The monoisotopic (exact) mass is 159 g/mol. The fraction of sp³-hybridized carbons (Fsp3) is 1.00. The van der Waals surface area contributed by atoms with Gasteiger partial charge in [0.1, 0.15) is 0 Å². The van der Waals surface area contributed by atoms with Crippen LogP contribution in [0.4, 0.5) is 0 Å². The molecule has 2 nitrogen and oxygen atoms in total. The molecule has 0 aliphatic heterocycles. The van der Waals surface area contributed by atoms with Crippen molar-refractivity contribution < 1.29 is 5.11 Å². The van der Waals surface area contributed by atoms with Crippen LogP contribution in [-0.2, 0) is 0 Å². The smallest absolute Gasteiger partial charge is 0.0490 e. The Morgan fingerprint density at radius 3 is 1.91 bits per heavy atom. The van der Waals surface area contributed by atoms with Crippen molar-refractivity contribution in [2.75, 3.05) is 13.2 Å². The Morgan fingerprint density at radius 2 is 1.82 bits per heavy atom. The van der Waals surface area contributed by atoms with E-state index in [4.69, 9.17) is 5.73 Å². The fourth-order valence-electron chi connectivity index (χ4n) is 1.18. The van der Waals surface area contributed by atoms with Gasteiger partial charge in [-0.3, -0.25) is 0 Å². The van der Waals surface area contributed by atoms with Crippen LogP contribution in [-0.4, -0.2) is 18.3 Å². The lowest BCUT2D eigenvalue weighted by Gasteiger charge is -2.37. The molecule has 0 rings (SSSR count). The molecule has 2 heteroatoms. The summed E-state index contributed by atoms with van der Waals surface area (Å²) >= 11 is 0. The molecule has 0 amide bonds. The summed E-state index contributed by atoms with van der Waals surface area (Å²) in [5.41, 5.74) is 5.54. The number of hydrogen-bond acceptors (Lipinski definition) is 2. The van der Waals surface area contributed by atoms with E-state index < -0.39 is 0 Å². The number of aliphatic hydroxyl groups excluding tert-OH is 1. The van der Waals surface area contributed by atoms with Crippen LogP contribution in [0.5, 0.6) is 0 Å². The molecule has 3 N–H and O–H groups in total. The van der Waals surface area contributed by atoms with Gasteiger partial charge in [0.2, 0.25) is 0 Å². The maximum atomic E-state index is 9.20. The fourth-order valence-corrected chi connectivity index (χ4v) is 1.18. The van der Waals surface area contributed by atoms with Gasteiger partial charge in [-0.25, -0.2) is 0 Å². The van der Waals surface area contributed by atoms with E-state index in [-0.39, 0.29) is 12.0 Å². The van der Waals surface area contributed by atoms with E-state index in [9.17, 15) is 5.11 Å². The van der Waals surface area contributed by atoms with E-state index in [1.54, 1.807) is 0 Å². The minimum Gasteiger partial charge on any atom is -0.396 e. The van der Waals surface area contributed by atoms with Gasteiger partial charge in [-0.15, -0.1) is 0 Å². The van der Waals surface area contributed by atoms with Crippen molar-refractivity contribution >= 4 is 0 Å². The Hall–Kier alpha value is -0.0800. The van der Waals surface area contributed by atoms with Gasteiger partial charge in [-0.05, 0) is 23.8 Å². The highest BCUT2D eigenvalue weighted by Crippen LogP contribution is 2.34. The summed E-state index contributed by atoms with van der Waals surface area (Å²) in [6, 6.07) is 0. The van der Waals surface area contributed by atoms with Crippen molar-refractivity contribution in [3.8, 4) is 0 Å². The molecule has 0 radical (unpaired) electrons. The first-order chi connectivity index (χ1) is 4.99. The molecule has 0 heterocycles. The first-order valence-corrected chi connectivity index (χ1v) is 4.30.